The molecule has 0 N–H and O–H groups in total. The molecule has 0 unspecified atom stereocenters. The SMILES string of the molecule is C=COC(=O)CCCP(=O)(OCC)OCC. The Kier molecular flexibility index (Phi) is 8.16. The summed E-state index contributed by atoms with van der Waals surface area (Å²) in [6.45, 7) is 7.42. The van der Waals surface area contributed by atoms with E-state index >= 15 is 0 Å². The van der Waals surface area contributed by atoms with Gasteiger partial charge in [-0.15, -0.1) is 0 Å². The van der Waals surface area contributed by atoms with Gasteiger partial charge in [0.25, 0.3) is 0 Å². The molecule has 0 aromatic rings. The number of hydrogen-bond acceptors (Lipinski definition) is 5. The molecule has 0 rings (SSSR count). The van der Waals surface area contributed by atoms with Crippen LogP contribution >= 0.6 is 7.60 Å². The minimum atomic E-state index is -3.03. The Bertz CT molecular complexity index is 254. The zero-order valence-electron chi connectivity index (χ0n) is 9.81. The van der Waals surface area contributed by atoms with Crippen molar-refractivity contribution in [2.75, 3.05) is 19.4 Å². The molecule has 0 spiro atoms. The smallest absolute Gasteiger partial charge is 0.330 e. The second-order valence-electron chi connectivity index (χ2n) is 2.93. The van der Waals surface area contributed by atoms with Crippen molar-refractivity contribution in [3.05, 3.63) is 12.8 Å². The van der Waals surface area contributed by atoms with Gasteiger partial charge in [-0.2, -0.15) is 0 Å². The van der Waals surface area contributed by atoms with Gasteiger partial charge in [-0.05, 0) is 20.3 Å². The highest BCUT2D eigenvalue weighted by Crippen LogP contribution is 2.48. The van der Waals surface area contributed by atoms with E-state index in [0.717, 1.165) is 6.26 Å². The van der Waals surface area contributed by atoms with Crippen molar-refractivity contribution in [1.29, 1.82) is 0 Å². The maximum atomic E-state index is 11.9. The lowest BCUT2D eigenvalue weighted by molar-refractivity contribution is -0.137. The molecule has 0 aromatic carbocycles. The van der Waals surface area contributed by atoms with Gasteiger partial charge in [-0.3, -0.25) is 9.36 Å². The van der Waals surface area contributed by atoms with Crippen molar-refractivity contribution >= 4 is 13.6 Å². The summed E-state index contributed by atoms with van der Waals surface area (Å²) in [6.07, 6.45) is 1.88. The third-order valence-corrected chi connectivity index (χ3v) is 3.85. The van der Waals surface area contributed by atoms with Crippen LogP contribution in [0.1, 0.15) is 26.7 Å². The van der Waals surface area contributed by atoms with Crippen molar-refractivity contribution in [1.82, 2.24) is 0 Å². The summed E-state index contributed by atoms with van der Waals surface area (Å²) >= 11 is 0. The first-order valence-electron chi connectivity index (χ1n) is 5.26. The van der Waals surface area contributed by atoms with E-state index in [9.17, 15) is 9.36 Å². The Balaban J connectivity index is 3.97. The Morgan fingerprint density at radius 2 is 1.88 bits per heavy atom. The van der Waals surface area contributed by atoms with Crippen LogP contribution in [0.4, 0.5) is 0 Å². The maximum Gasteiger partial charge on any atom is 0.330 e. The van der Waals surface area contributed by atoms with Gasteiger partial charge in [0, 0.05) is 6.42 Å². The van der Waals surface area contributed by atoms with Gasteiger partial charge in [0.2, 0.25) is 0 Å². The second-order valence-corrected chi connectivity index (χ2v) is 5.12. The lowest BCUT2D eigenvalue weighted by atomic mass is 10.3. The highest BCUT2D eigenvalue weighted by Gasteiger charge is 2.23. The molecule has 94 valence electrons. The maximum absolute atomic E-state index is 11.9. The fraction of sp³-hybridized carbons (Fsp3) is 0.700. The van der Waals surface area contributed by atoms with E-state index in [-0.39, 0.29) is 12.6 Å². The van der Waals surface area contributed by atoms with Crippen molar-refractivity contribution < 1.29 is 23.1 Å². The number of carbonyl (C=O) groups is 1. The topological polar surface area (TPSA) is 61.8 Å². The van der Waals surface area contributed by atoms with E-state index in [2.05, 4.69) is 11.3 Å². The van der Waals surface area contributed by atoms with Crippen LogP contribution in [0.5, 0.6) is 0 Å². The summed E-state index contributed by atoms with van der Waals surface area (Å²) in [6, 6.07) is 0. The summed E-state index contributed by atoms with van der Waals surface area (Å²) < 4.78 is 26.6. The number of ether oxygens (including phenoxy) is 1. The van der Waals surface area contributed by atoms with Crippen molar-refractivity contribution in [3.8, 4) is 0 Å². The molecule has 0 aliphatic heterocycles. The molecule has 0 saturated heterocycles. The Morgan fingerprint density at radius 3 is 2.31 bits per heavy atom. The van der Waals surface area contributed by atoms with Crippen LogP contribution in [0.15, 0.2) is 12.8 Å². The first kappa shape index (κ1) is 15.4. The second kappa shape index (κ2) is 8.50. The first-order valence-corrected chi connectivity index (χ1v) is 6.99. The van der Waals surface area contributed by atoms with E-state index in [0.29, 0.717) is 19.6 Å². The van der Waals surface area contributed by atoms with Crippen molar-refractivity contribution in [2.45, 2.75) is 26.7 Å². The number of esters is 1. The molecule has 5 nitrogen and oxygen atoms in total. The fourth-order valence-corrected chi connectivity index (χ4v) is 2.79. The Labute approximate surface area is 96.3 Å². The molecule has 0 aliphatic rings. The molecule has 0 amide bonds. The van der Waals surface area contributed by atoms with Gasteiger partial charge in [-0.25, -0.2) is 0 Å². The minimum absolute atomic E-state index is 0.177. The van der Waals surface area contributed by atoms with Crippen LogP contribution < -0.4 is 0 Å². The minimum Gasteiger partial charge on any atom is -0.435 e. The van der Waals surface area contributed by atoms with Crippen LogP contribution in [0.25, 0.3) is 0 Å². The molecule has 0 heterocycles. The summed E-state index contributed by atoms with van der Waals surface area (Å²) in [5.41, 5.74) is 0. The predicted octanol–water partition coefficient (Wildman–Crippen LogP) is 2.72. The average molecular weight is 250 g/mol. The zero-order chi connectivity index (χ0) is 12.4. The molecule has 0 bridgehead atoms. The van der Waals surface area contributed by atoms with Gasteiger partial charge in [0.1, 0.15) is 0 Å². The first-order chi connectivity index (χ1) is 7.58. The third kappa shape index (κ3) is 6.77. The van der Waals surface area contributed by atoms with Gasteiger partial charge in [-0.1, -0.05) is 6.58 Å². The monoisotopic (exact) mass is 250 g/mol. The lowest BCUT2D eigenvalue weighted by Gasteiger charge is -2.16. The van der Waals surface area contributed by atoms with Crippen LogP contribution in [-0.4, -0.2) is 25.3 Å². The lowest BCUT2D eigenvalue weighted by Crippen LogP contribution is -2.04. The number of hydrogen-bond donors (Lipinski definition) is 0. The van der Waals surface area contributed by atoms with Crippen molar-refractivity contribution in [2.24, 2.45) is 0 Å². The van der Waals surface area contributed by atoms with Gasteiger partial charge in [0.15, 0.2) is 0 Å². The number of carbonyl (C=O) groups excluding carboxylic acids is 1. The standard InChI is InChI=1S/C10H19O5P/c1-4-13-10(11)8-7-9-16(12,14-5-2)15-6-3/h4H,1,5-9H2,2-3H3. The average Bonchev–Trinajstić information content (AvgIpc) is 2.18. The predicted molar refractivity (Wildman–Crippen MR) is 61.2 cm³/mol. The normalized spacial score (nSPS) is 11.1. The molecular weight excluding hydrogens is 231 g/mol. The van der Waals surface area contributed by atoms with Crippen LogP contribution in [0.2, 0.25) is 0 Å². The quantitative estimate of drug-likeness (QED) is 0.357. The summed E-state index contributed by atoms with van der Waals surface area (Å²) in [4.78, 5) is 11.0. The highest BCUT2D eigenvalue weighted by atomic mass is 31.2. The Morgan fingerprint density at radius 1 is 1.31 bits per heavy atom. The van der Waals surface area contributed by atoms with E-state index in [1.54, 1.807) is 13.8 Å². The molecular formula is C10H19O5P. The fourth-order valence-electron chi connectivity index (χ4n) is 1.13. The summed E-state index contributed by atoms with van der Waals surface area (Å²) in [5.74, 6) is -0.394. The number of rotatable bonds is 9. The third-order valence-electron chi connectivity index (χ3n) is 1.68. The van der Waals surface area contributed by atoms with Gasteiger partial charge >= 0.3 is 13.6 Å². The van der Waals surface area contributed by atoms with E-state index < -0.39 is 13.6 Å². The molecule has 6 heteroatoms. The van der Waals surface area contributed by atoms with Gasteiger partial charge < -0.3 is 13.8 Å². The molecule has 0 radical (unpaired) electrons. The van der Waals surface area contributed by atoms with Crippen LogP contribution in [0.3, 0.4) is 0 Å². The summed E-state index contributed by atoms with van der Waals surface area (Å²) in [5, 5.41) is 0. The van der Waals surface area contributed by atoms with Gasteiger partial charge in [0.05, 0.1) is 25.6 Å². The zero-order valence-corrected chi connectivity index (χ0v) is 10.7. The highest BCUT2D eigenvalue weighted by molar-refractivity contribution is 7.53. The Hall–Kier alpha value is -0.640. The van der Waals surface area contributed by atoms with Crippen molar-refractivity contribution in [3.63, 3.8) is 0 Å². The van der Waals surface area contributed by atoms with Crippen LogP contribution in [-0.2, 0) is 23.1 Å². The van der Waals surface area contributed by atoms with Crippen LogP contribution in [0, 0.1) is 0 Å². The molecule has 0 aromatic heterocycles. The molecule has 0 fully saturated rings. The van der Waals surface area contributed by atoms with E-state index in [1.807, 2.05) is 0 Å². The molecule has 0 atom stereocenters. The molecule has 0 aliphatic carbocycles. The summed E-state index contributed by atoms with van der Waals surface area (Å²) in [7, 11) is -3.03. The largest absolute Gasteiger partial charge is 0.435 e. The molecule has 16 heavy (non-hydrogen) atoms. The van der Waals surface area contributed by atoms with E-state index in [4.69, 9.17) is 9.05 Å². The van der Waals surface area contributed by atoms with E-state index in [1.165, 1.54) is 0 Å². The molecule has 0 saturated carbocycles.